The average molecular weight is 241 g/mol. The minimum Gasteiger partial charge on any atom is -0.481 e. The summed E-state index contributed by atoms with van der Waals surface area (Å²) >= 11 is 0. The monoisotopic (exact) mass is 241 g/mol. The van der Waals surface area contributed by atoms with E-state index in [1.165, 1.54) is 19.3 Å². The Labute approximate surface area is 103 Å². The van der Waals surface area contributed by atoms with E-state index in [0.29, 0.717) is 6.04 Å². The molecule has 1 unspecified atom stereocenters. The molecule has 0 aromatic carbocycles. The van der Waals surface area contributed by atoms with Crippen molar-refractivity contribution in [3.8, 4) is 0 Å². The third-order valence-electron chi connectivity index (χ3n) is 4.26. The molecule has 0 amide bonds. The van der Waals surface area contributed by atoms with Gasteiger partial charge in [0.2, 0.25) is 0 Å². The number of carboxylic acids is 1. The van der Waals surface area contributed by atoms with E-state index < -0.39 is 5.97 Å². The lowest BCUT2D eigenvalue weighted by Crippen LogP contribution is -2.51. The molecule has 1 atom stereocenters. The highest BCUT2D eigenvalue weighted by atomic mass is 16.5. The van der Waals surface area contributed by atoms with Crippen LogP contribution in [0.4, 0.5) is 0 Å². The van der Waals surface area contributed by atoms with Crippen LogP contribution >= 0.6 is 0 Å². The number of nitrogens with zero attached hydrogens (tertiary/aromatic N) is 1. The molecular formula is C13H23NO3. The molecule has 1 saturated carbocycles. The lowest BCUT2D eigenvalue weighted by atomic mass is 9.73. The van der Waals surface area contributed by atoms with Crippen LogP contribution in [0.5, 0.6) is 0 Å². The Kier molecular flexibility index (Phi) is 4.05. The predicted octanol–water partition coefficient (Wildman–Crippen LogP) is 1.88. The topological polar surface area (TPSA) is 49.8 Å². The van der Waals surface area contributed by atoms with Crippen molar-refractivity contribution in [2.24, 2.45) is 0 Å². The molecule has 2 rings (SSSR count). The SMILES string of the molecule is CN(CCCC(=O)O)C1CCOC2(CCC2)C1. The Morgan fingerprint density at radius 2 is 2.29 bits per heavy atom. The highest BCUT2D eigenvalue weighted by Crippen LogP contribution is 2.43. The standard InChI is InChI=1S/C13H23NO3/c1-14(8-2-4-12(15)16)11-5-9-17-13(10-11)6-3-7-13/h11H,2-10H2,1H3,(H,15,16). The van der Waals surface area contributed by atoms with Gasteiger partial charge in [-0.1, -0.05) is 0 Å². The number of hydrogen-bond acceptors (Lipinski definition) is 3. The van der Waals surface area contributed by atoms with E-state index in [9.17, 15) is 4.79 Å². The van der Waals surface area contributed by atoms with Crippen LogP contribution in [0.3, 0.4) is 0 Å². The van der Waals surface area contributed by atoms with Crippen LogP contribution in [-0.4, -0.2) is 47.8 Å². The minimum absolute atomic E-state index is 0.184. The van der Waals surface area contributed by atoms with Crippen molar-refractivity contribution in [3.63, 3.8) is 0 Å². The number of ether oxygens (including phenoxy) is 1. The number of rotatable bonds is 5. The van der Waals surface area contributed by atoms with Crippen molar-refractivity contribution < 1.29 is 14.6 Å². The summed E-state index contributed by atoms with van der Waals surface area (Å²) in [4.78, 5) is 12.8. The smallest absolute Gasteiger partial charge is 0.303 e. The maximum absolute atomic E-state index is 10.5. The fourth-order valence-electron chi connectivity index (χ4n) is 2.96. The molecule has 0 aromatic rings. The Bertz CT molecular complexity index is 276. The first-order chi connectivity index (χ1) is 8.11. The van der Waals surface area contributed by atoms with Crippen molar-refractivity contribution in [2.45, 2.75) is 56.6 Å². The molecule has 4 nitrogen and oxygen atoms in total. The third-order valence-corrected chi connectivity index (χ3v) is 4.26. The summed E-state index contributed by atoms with van der Waals surface area (Å²) in [6.45, 7) is 1.75. The molecule has 2 fully saturated rings. The molecule has 0 aromatic heterocycles. The molecule has 17 heavy (non-hydrogen) atoms. The van der Waals surface area contributed by atoms with Crippen LogP contribution in [0.1, 0.15) is 44.9 Å². The molecule has 0 radical (unpaired) electrons. The summed E-state index contributed by atoms with van der Waals surface area (Å²) in [5, 5.41) is 8.63. The van der Waals surface area contributed by atoms with Crippen molar-refractivity contribution in [2.75, 3.05) is 20.2 Å². The van der Waals surface area contributed by atoms with Gasteiger partial charge < -0.3 is 14.7 Å². The van der Waals surface area contributed by atoms with Gasteiger partial charge in [0, 0.05) is 19.1 Å². The lowest BCUT2D eigenvalue weighted by molar-refractivity contribution is -0.147. The van der Waals surface area contributed by atoms with Crippen molar-refractivity contribution >= 4 is 5.97 Å². The molecule has 4 heteroatoms. The summed E-state index contributed by atoms with van der Waals surface area (Å²) in [5.41, 5.74) is 0.184. The Morgan fingerprint density at radius 1 is 1.53 bits per heavy atom. The second-order valence-corrected chi connectivity index (χ2v) is 5.51. The number of aliphatic carboxylic acids is 1. The van der Waals surface area contributed by atoms with Gasteiger partial charge in [-0.3, -0.25) is 4.79 Å². The van der Waals surface area contributed by atoms with Crippen LogP contribution in [0.25, 0.3) is 0 Å². The van der Waals surface area contributed by atoms with Gasteiger partial charge in [0.05, 0.1) is 5.60 Å². The molecule has 1 heterocycles. The van der Waals surface area contributed by atoms with Crippen LogP contribution in [0.15, 0.2) is 0 Å². The van der Waals surface area contributed by atoms with Gasteiger partial charge in [0.15, 0.2) is 0 Å². The lowest BCUT2D eigenvalue weighted by Gasteiger charge is -2.49. The second kappa shape index (κ2) is 5.36. The quantitative estimate of drug-likeness (QED) is 0.798. The first kappa shape index (κ1) is 12.8. The molecule has 1 N–H and O–H groups in total. The maximum atomic E-state index is 10.5. The molecule has 1 spiro atoms. The van der Waals surface area contributed by atoms with E-state index in [1.54, 1.807) is 0 Å². The van der Waals surface area contributed by atoms with Gasteiger partial charge >= 0.3 is 5.97 Å². The average Bonchev–Trinajstić information content (AvgIpc) is 2.26. The van der Waals surface area contributed by atoms with E-state index in [0.717, 1.165) is 32.4 Å². The zero-order valence-corrected chi connectivity index (χ0v) is 10.7. The highest BCUT2D eigenvalue weighted by molar-refractivity contribution is 5.66. The molecule has 98 valence electrons. The summed E-state index contributed by atoms with van der Waals surface area (Å²) in [6, 6.07) is 0.581. The largest absolute Gasteiger partial charge is 0.481 e. The number of carbonyl (C=O) groups is 1. The van der Waals surface area contributed by atoms with E-state index in [4.69, 9.17) is 9.84 Å². The van der Waals surface area contributed by atoms with Gasteiger partial charge in [-0.05, 0) is 52.1 Å². The maximum Gasteiger partial charge on any atom is 0.303 e. The molecular weight excluding hydrogens is 218 g/mol. The van der Waals surface area contributed by atoms with Crippen LogP contribution in [0.2, 0.25) is 0 Å². The Balaban J connectivity index is 1.74. The molecule has 1 aliphatic carbocycles. The minimum atomic E-state index is -0.694. The first-order valence-corrected chi connectivity index (χ1v) is 6.67. The zero-order valence-electron chi connectivity index (χ0n) is 10.7. The van der Waals surface area contributed by atoms with Gasteiger partial charge in [-0.2, -0.15) is 0 Å². The van der Waals surface area contributed by atoms with Crippen LogP contribution in [-0.2, 0) is 9.53 Å². The van der Waals surface area contributed by atoms with Crippen molar-refractivity contribution in [1.29, 1.82) is 0 Å². The fraction of sp³-hybridized carbons (Fsp3) is 0.923. The Morgan fingerprint density at radius 3 is 2.88 bits per heavy atom. The summed E-state index contributed by atoms with van der Waals surface area (Å²) < 4.78 is 5.90. The van der Waals surface area contributed by atoms with E-state index in [1.807, 2.05) is 0 Å². The zero-order chi connectivity index (χ0) is 12.3. The predicted molar refractivity (Wildman–Crippen MR) is 65.1 cm³/mol. The summed E-state index contributed by atoms with van der Waals surface area (Å²) in [7, 11) is 2.12. The molecule has 2 aliphatic rings. The molecule has 1 aliphatic heterocycles. The van der Waals surface area contributed by atoms with Gasteiger partial charge in [-0.15, -0.1) is 0 Å². The number of hydrogen-bond donors (Lipinski definition) is 1. The summed E-state index contributed by atoms with van der Waals surface area (Å²) in [6.07, 6.45) is 6.98. The summed E-state index contributed by atoms with van der Waals surface area (Å²) in [5.74, 6) is -0.694. The first-order valence-electron chi connectivity index (χ1n) is 6.67. The highest BCUT2D eigenvalue weighted by Gasteiger charge is 2.43. The fourth-order valence-corrected chi connectivity index (χ4v) is 2.96. The van der Waals surface area contributed by atoms with Crippen molar-refractivity contribution in [3.05, 3.63) is 0 Å². The number of carboxylic acid groups (broad SMARTS) is 1. The van der Waals surface area contributed by atoms with E-state index >= 15 is 0 Å². The van der Waals surface area contributed by atoms with E-state index in [-0.39, 0.29) is 12.0 Å². The Hall–Kier alpha value is -0.610. The van der Waals surface area contributed by atoms with Crippen LogP contribution in [0, 0.1) is 0 Å². The molecule has 1 saturated heterocycles. The normalized spacial score (nSPS) is 27.1. The second-order valence-electron chi connectivity index (χ2n) is 5.51. The van der Waals surface area contributed by atoms with Gasteiger partial charge in [0.25, 0.3) is 0 Å². The van der Waals surface area contributed by atoms with Gasteiger partial charge in [0.1, 0.15) is 0 Å². The van der Waals surface area contributed by atoms with Gasteiger partial charge in [-0.25, -0.2) is 0 Å². The van der Waals surface area contributed by atoms with Crippen LogP contribution < -0.4 is 0 Å². The van der Waals surface area contributed by atoms with Crippen molar-refractivity contribution in [1.82, 2.24) is 4.90 Å². The molecule has 0 bridgehead atoms. The van der Waals surface area contributed by atoms with E-state index in [2.05, 4.69) is 11.9 Å². The third kappa shape index (κ3) is 3.19.